The number of nitrogens with zero attached hydrogens (tertiary/aromatic N) is 3. The molecule has 1 aromatic carbocycles. The fourth-order valence-corrected chi connectivity index (χ4v) is 3.03. The highest BCUT2D eigenvalue weighted by molar-refractivity contribution is 7.99. The van der Waals surface area contributed by atoms with Crippen LogP contribution in [-0.2, 0) is 6.18 Å². The lowest BCUT2D eigenvalue weighted by Crippen LogP contribution is -2.03. The summed E-state index contributed by atoms with van der Waals surface area (Å²) in [7, 11) is 0. The molecule has 0 atom stereocenters. The van der Waals surface area contributed by atoms with Crippen molar-refractivity contribution in [3.8, 4) is 0 Å². The minimum Gasteiger partial charge on any atom is -0.285 e. The molecule has 3 nitrogen and oxygen atoms in total. The monoisotopic (exact) mass is 337 g/mol. The van der Waals surface area contributed by atoms with E-state index in [9.17, 15) is 13.2 Å². The molecule has 3 aromatic rings. The Hall–Kier alpha value is -2.02. The summed E-state index contributed by atoms with van der Waals surface area (Å²) in [5.41, 5.74) is 0.115. The van der Waals surface area contributed by atoms with Crippen molar-refractivity contribution in [1.29, 1.82) is 0 Å². The summed E-state index contributed by atoms with van der Waals surface area (Å²) >= 11 is 1.40. The molecule has 0 radical (unpaired) electrons. The lowest BCUT2D eigenvalue weighted by Gasteiger charge is -2.08. The predicted molar refractivity (Wildman–Crippen MR) is 82.6 cm³/mol. The van der Waals surface area contributed by atoms with E-state index >= 15 is 0 Å². The fourth-order valence-electron chi connectivity index (χ4n) is 2.19. The highest BCUT2D eigenvalue weighted by atomic mass is 32.2. The van der Waals surface area contributed by atoms with E-state index in [0.717, 1.165) is 33.4 Å². The smallest absolute Gasteiger partial charge is 0.285 e. The zero-order valence-corrected chi connectivity index (χ0v) is 13.3. The van der Waals surface area contributed by atoms with Crippen LogP contribution in [0.2, 0.25) is 0 Å². The molecule has 2 heterocycles. The largest absolute Gasteiger partial charge is 0.416 e. The van der Waals surface area contributed by atoms with Gasteiger partial charge in [-0.05, 0) is 36.4 Å². The Labute approximate surface area is 135 Å². The SMILES string of the molecule is CC(C)c1nnc2ccc(Sc3ccc(C(F)(F)F)cc3)cn12. The molecule has 0 N–H and O–H groups in total. The Morgan fingerprint density at radius 3 is 2.22 bits per heavy atom. The molecule has 0 saturated carbocycles. The van der Waals surface area contributed by atoms with E-state index in [1.54, 1.807) is 0 Å². The predicted octanol–water partition coefficient (Wildman–Crippen LogP) is 5.02. The molecule has 0 aliphatic rings. The van der Waals surface area contributed by atoms with Gasteiger partial charge in [0.25, 0.3) is 0 Å². The molecule has 0 spiro atoms. The summed E-state index contributed by atoms with van der Waals surface area (Å²) < 4.78 is 39.7. The molecule has 3 rings (SSSR count). The minimum absolute atomic E-state index is 0.233. The van der Waals surface area contributed by atoms with Gasteiger partial charge in [-0.15, -0.1) is 10.2 Å². The first-order valence-corrected chi connectivity index (χ1v) is 7.86. The number of pyridine rings is 1. The van der Waals surface area contributed by atoms with Crippen LogP contribution in [0.5, 0.6) is 0 Å². The number of alkyl halides is 3. The summed E-state index contributed by atoms with van der Waals surface area (Å²) in [5.74, 6) is 1.09. The van der Waals surface area contributed by atoms with Crippen LogP contribution >= 0.6 is 11.8 Å². The third kappa shape index (κ3) is 3.34. The van der Waals surface area contributed by atoms with Crippen LogP contribution in [0.25, 0.3) is 5.65 Å². The fraction of sp³-hybridized carbons (Fsp3) is 0.250. The number of benzene rings is 1. The standard InChI is InChI=1S/C16H14F3N3S/c1-10(2)15-21-20-14-8-7-13(9-22(14)15)23-12-5-3-11(4-6-12)16(17,18)19/h3-10H,1-2H3. The molecule has 0 saturated heterocycles. The van der Waals surface area contributed by atoms with Crippen molar-refractivity contribution in [3.63, 3.8) is 0 Å². The highest BCUT2D eigenvalue weighted by Crippen LogP contribution is 2.33. The highest BCUT2D eigenvalue weighted by Gasteiger charge is 2.29. The molecule has 7 heteroatoms. The zero-order valence-electron chi connectivity index (χ0n) is 12.5. The molecule has 0 unspecified atom stereocenters. The van der Waals surface area contributed by atoms with E-state index in [2.05, 4.69) is 10.2 Å². The van der Waals surface area contributed by atoms with Crippen LogP contribution in [0.4, 0.5) is 13.2 Å². The van der Waals surface area contributed by atoms with Gasteiger partial charge in [0.05, 0.1) is 5.56 Å². The van der Waals surface area contributed by atoms with Gasteiger partial charge < -0.3 is 0 Å². The van der Waals surface area contributed by atoms with E-state index in [-0.39, 0.29) is 5.92 Å². The Balaban J connectivity index is 1.88. The van der Waals surface area contributed by atoms with Crippen molar-refractivity contribution in [1.82, 2.24) is 14.6 Å². The number of hydrogen-bond acceptors (Lipinski definition) is 3. The van der Waals surface area contributed by atoms with Crippen LogP contribution in [0, 0.1) is 0 Å². The molecule has 120 valence electrons. The first-order chi connectivity index (χ1) is 10.8. The van der Waals surface area contributed by atoms with E-state index in [1.807, 2.05) is 36.6 Å². The third-order valence-corrected chi connectivity index (χ3v) is 4.32. The van der Waals surface area contributed by atoms with E-state index in [0.29, 0.717) is 0 Å². The lowest BCUT2D eigenvalue weighted by molar-refractivity contribution is -0.137. The van der Waals surface area contributed by atoms with Gasteiger partial charge in [0.1, 0.15) is 5.82 Å². The number of hydrogen-bond donors (Lipinski definition) is 0. The average Bonchev–Trinajstić information content (AvgIpc) is 2.90. The summed E-state index contributed by atoms with van der Waals surface area (Å²) in [6.45, 7) is 4.07. The number of rotatable bonds is 3. The average molecular weight is 337 g/mol. The topological polar surface area (TPSA) is 30.2 Å². The second-order valence-electron chi connectivity index (χ2n) is 5.43. The first kappa shape index (κ1) is 15.9. The Morgan fingerprint density at radius 2 is 1.61 bits per heavy atom. The first-order valence-electron chi connectivity index (χ1n) is 7.04. The summed E-state index contributed by atoms with van der Waals surface area (Å²) in [5, 5.41) is 8.27. The number of fused-ring (bicyclic) bond motifs is 1. The third-order valence-electron chi connectivity index (χ3n) is 3.34. The van der Waals surface area contributed by atoms with Crippen molar-refractivity contribution in [2.75, 3.05) is 0 Å². The van der Waals surface area contributed by atoms with Gasteiger partial charge in [-0.3, -0.25) is 4.40 Å². The molecule has 23 heavy (non-hydrogen) atoms. The minimum atomic E-state index is -4.31. The maximum Gasteiger partial charge on any atom is 0.416 e. The number of aromatic nitrogens is 3. The van der Waals surface area contributed by atoms with Crippen molar-refractivity contribution in [3.05, 3.63) is 54.0 Å². The van der Waals surface area contributed by atoms with Crippen LogP contribution in [0.15, 0.2) is 52.4 Å². The van der Waals surface area contributed by atoms with Crippen molar-refractivity contribution in [2.45, 2.75) is 35.7 Å². The maximum atomic E-state index is 12.6. The van der Waals surface area contributed by atoms with Gasteiger partial charge in [0.2, 0.25) is 0 Å². The quantitative estimate of drug-likeness (QED) is 0.672. The summed E-state index contributed by atoms with van der Waals surface area (Å²) in [6, 6.07) is 8.89. The summed E-state index contributed by atoms with van der Waals surface area (Å²) in [4.78, 5) is 1.66. The van der Waals surface area contributed by atoms with Crippen LogP contribution in [0.3, 0.4) is 0 Å². The maximum absolute atomic E-state index is 12.6. The van der Waals surface area contributed by atoms with Crippen LogP contribution < -0.4 is 0 Å². The van der Waals surface area contributed by atoms with Gasteiger partial charge in [-0.25, -0.2) is 0 Å². The Kier molecular flexibility index (Phi) is 4.06. The van der Waals surface area contributed by atoms with Gasteiger partial charge in [-0.2, -0.15) is 13.2 Å². The molecular formula is C16H14F3N3S. The number of halogens is 3. The van der Waals surface area contributed by atoms with Crippen molar-refractivity contribution in [2.24, 2.45) is 0 Å². The van der Waals surface area contributed by atoms with Gasteiger partial charge in [0.15, 0.2) is 5.65 Å². The molecule has 0 amide bonds. The Bertz CT molecular complexity index is 823. The molecule has 0 aliphatic heterocycles. The zero-order chi connectivity index (χ0) is 16.6. The van der Waals surface area contributed by atoms with Crippen LogP contribution in [-0.4, -0.2) is 14.6 Å². The molecule has 0 fully saturated rings. The summed E-state index contributed by atoms with van der Waals surface area (Å²) in [6.07, 6.45) is -2.40. The molecular weight excluding hydrogens is 323 g/mol. The van der Waals surface area contributed by atoms with E-state index in [4.69, 9.17) is 0 Å². The second-order valence-corrected chi connectivity index (χ2v) is 6.58. The molecule has 0 bridgehead atoms. The normalized spacial score (nSPS) is 12.3. The van der Waals surface area contributed by atoms with Crippen LogP contribution in [0.1, 0.15) is 31.2 Å². The van der Waals surface area contributed by atoms with E-state index < -0.39 is 11.7 Å². The lowest BCUT2D eigenvalue weighted by atomic mass is 10.2. The Morgan fingerprint density at radius 1 is 0.957 bits per heavy atom. The van der Waals surface area contributed by atoms with E-state index in [1.165, 1.54) is 23.9 Å². The van der Waals surface area contributed by atoms with Gasteiger partial charge in [0, 0.05) is 21.9 Å². The van der Waals surface area contributed by atoms with Crippen molar-refractivity contribution < 1.29 is 13.2 Å². The molecule has 0 aliphatic carbocycles. The second kappa shape index (κ2) is 5.88. The van der Waals surface area contributed by atoms with Gasteiger partial charge >= 0.3 is 6.18 Å². The van der Waals surface area contributed by atoms with Gasteiger partial charge in [-0.1, -0.05) is 25.6 Å². The van der Waals surface area contributed by atoms with Crippen molar-refractivity contribution >= 4 is 17.4 Å². The molecule has 2 aromatic heterocycles.